The number of amides is 2. The largest absolute Gasteiger partial charge is 0.480 e. The average molecular weight is 491 g/mol. The quantitative estimate of drug-likeness (QED) is 0.447. The van der Waals surface area contributed by atoms with Crippen LogP contribution in [0.25, 0.3) is 0 Å². The minimum absolute atomic E-state index is 0.0674. The summed E-state index contributed by atoms with van der Waals surface area (Å²) in [5.41, 5.74) is 10.2. The van der Waals surface area contributed by atoms with Crippen LogP contribution in [-0.2, 0) is 22.6 Å². The summed E-state index contributed by atoms with van der Waals surface area (Å²) in [5.74, 6) is -0.475. The highest BCUT2D eigenvalue weighted by Gasteiger charge is 2.18. The van der Waals surface area contributed by atoms with E-state index in [0.29, 0.717) is 34.9 Å². The number of nitrogens with two attached hydrogens (primary N) is 1. The summed E-state index contributed by atoms with van der Waals surface area (Å²) >= 11 is 6.11. The highest BCUT2D eigenvalue weighted by Crippen LogP contribution is 2.24. The van der Waals surface area contributed by atoms with E-state index in [2.05, 4.69) is 31.5 Å². The first-order valence-corrected chi connectivity index (χ1v) is 11.7. The molecule has 2 aromatic rings. The van der Waals surface area contributed by atoms with Crippen LogP contribution in [0.15, 0.2) is 35.3 Å². The summed E-state index contributed by atoms with van der Waals surface area (Å²) in [5, 5.41) is 3.27. The van der Waals surface area contributed by atoms with Crippen LogP contribution in [0.1, 0.15) is 57.2 Å². The van der Waals surface area contributed by atoms with Crippen molar-refractivity contribution in [1.82, 2.24) is 9.99 Å². The fraction of sp³-hybridized carbons (Fsp3) is 0.480. The van der Waals surface area contributed by atoms with Crippen LogP contribution in [0.5, 0.6) is 5.75 Å². The summed E-state index contributed by atoms with van der Waals surface area (Å²) in [4.78, 5) is 37.2. The zero-order valence-electron chi connectivity index (χ0n) is 20.5. The Balaban J connectivity index is 2.10. The number of carbonyl (C=O) groups excluding carboxylic acids is 2. The molecule has 0 aliphatic carbocycles. The van der Waals surface area contributed by atoms with Gasteiger partial charge in [0.05, 0.1) is 6.42 Å². The van der Waals surface area contributed by atoms with Crippen LogP contribution in [-0.4, -0.2) is 29.1 Å². The van der Waals surface area contributed by atoms with E-state index in [1.807, 2.05) is 6.07 Å². The van der Waals surface area contributed by atoms with Crippen molar-refractivity contribution in [2.24, 2.45) is 11.1 Å². The Morgan fingerprint density at radius 2 is 1.94 bits per heavy atom. The summed E-state index contributed by atoms with van der Waals surface area (Å²) < 4.78 is 7.16. The Labute approximate surface area is 205 Å². The molecule has 0 aliphatic heterocycles. The van der Waals surface area contributed by atoms with Gasteiger partial charge in [0.2, 0.25) is 5.91 Å². The minimum Gasteiger partial charge on any atom is -0.480 e. The highest BCUT2D eigenvalue weighted by molar-refractivity contribution is 6.30. The van der Waals surface area contributed by atoms with E-state index in [1.54, 1.807) is 38.2 Å². The Bertz CT molecular complexity index is 1080. The van der Waals surface area contributed by atoms with Crippen LogP contribution in [0.4, 0.5) is 0 Å². The number of nitrogens with zero attached hydrogens (tertiary/aromatic N) is 1. The molecule has 1 atom stereocenters. The molecular formula is C25H35ClN4O4. The maximum Gasteiger partial charge on any atom is 0.272 e. The number of carbonyl (C=O) groups is 2. The second-order valence-electron chi connectivity index (χ2n) is 9.49. The summed E-state index contributed by atoms with van der Waals surface area (Å²) in [6.45, 7) is 10.8. The maximum atomic E-state index is 12.9. The van der Waals surface area contributed by atoms with Crippen molar-refractivity contribution in [2.45, 2.75) is 66.5 Å². The monoisotopic (exact) mass is 490 g/mol. The van der Waals surface area contributed by atoms with Crippen molar-refractivity contribution in [1.29, 1.82) is 0 Å². The molecule has 1 unspecified atom stereocenters. The molecule has 1 aromatic heterocycles. The van der Waals surface area contributed by atoms with Crippen molar-refractivity contribution >= 4 is 23.4 Å². The molecular weight excluding hydrogens is 456 g/mol. The van der Waals surface area contributed by atoms with Gasteiger partial charge in [-0.05, 0) is 55.0 Å². The third-order valence-corrected chi connectivity index (χ3v) is 5.61. The number of benzene rings is 1. The van der Waals surface area contributed by atoms with Crippen molar-refractivity contribution in [2.75, 3.05) is 12.0 Å². The molecule has 8 nitrogen and oxygen atoms in total. The standard InChI is InChI=1S/C25H35ClN4O4/c1-6-20(23(27)32)34-21-8-7-18(26)13-17(21)15-28-22(31)14-19-16(2)9-12-30(24(19)33)29-11-10-25(3,4)5/h7-9,12-13,20,29H,6,10-11,14-15H2,1-5H3,(H2,27,32)(H,28,31). The Morgan fingerprint density at radius 3 is 2.56 bits per heavy atom. The van der Waals surface area contributed by atoms with E-state index in [0.717, 1.165) is 12.0 Å². The number of halogens is 1. The summed E-state index contributed by atoms with van der Waals surface area (Å²) in [6.07, 6.45) is 2.13. The molecule has 4 N–H and O–H groups in total. The van der Waals surface area contributed by atoms with Gasteiger partial charge in [0, 0.05) is 35.4 Å². The Hall–Kier alpha value is -3.00. The smallest absolute Gasteiger partial charge is 0.272 e. The number of aromatic nitrogens is 1. The number of aryl methyl sites for hydroxylation is 1. The predicted octanol–water partition coefficient (Wildman–Crippen LogP) is 3.29. The SMILES string of the molecule is CCC(Oc1ccc(Cl)cc1CNC(=O)Cc1c(C)ccn(NCCC(C)(C)C)c1=O)C(N)=O. The third-order valence-electron chi connectivity index (χ3n) is 5.38. The fourth-order valence-electron chi connectivity index (χ4n) is 3.27. The van der Waals surface area contributed by atoms with Crippen LogP contribution in [0.2, 0.25) is 5.02 Å². The summed E-state index contributed by atoms with van der Waals surface area (Å²) in [6, 6.07) is 6.74. The fourth-order valence-corrected chi connectivity index (χ4v) is 3.47. The van der Waals surface area contributed by atoms with Gasteiger partial charge in [-0.3, -0.25) is 14.4 Å². The lowest BCUT2D eigenvalue weighted by Crippen LogP contribution is -2.35. The van der Waals surface area contributed by atoms with Gasteiger partial charge in [-0.2, -0.15) is 0 Å². The van der Waals surface area contributed by atoms with Crippen LogP contribution in [0, 0.1) is 12.3 Å². The van der Waals surface area contributed by atoms with E-state index in [4.69, 9.17) is 22.1 Å². The third kappa shape index (κ3) is 8.09. The lowest BCUT2D eigenvalue weighted by atomic mass is 9.93. The molecule has 0 fully saturated rings. The second kappa shape index (κ2) is 11.9. The number of pyridine rings is 1. The molecule has 2 amide bonds. The van der Waals surface area contributed by atoms with Crippen molar-refractivity contribution in [3.8, 4) is 5.75 Å². The number of primary amides is 1. The first kappa shape index (κ1) is 27.2. The minimum atomic E-state index is -0.785. The number of nitrogens with one attached hydrogen (secondary N) is 2. The molecule has 0 aliphatic rings. The first-order chi connectivity index (χ1) is 15.9. The van der Waals surface area contributed by atoms with E-state index in [9.17, 15) is 14.4 Å². The molecule has 34 heavy (non-hydrogen) atoms. The molecule has 0 saturated heterocycles. The highest BCUT2D eigenvalue weighted by atomic mass is 35.5. The van der Waals surface area contributed by atoms with Gasteiger partial charge in [-0.15, -0.1) is 0 Å². The zero-order chi connectivity index (χ0) is 25.5. The van der Waals surface area contributed by atoms with E-state index in [1.165, 1.54) is 4.68 Å². The van der Waals surface area contributed by atoms with Crippen molar-refractivity contribution < 1.29 is 14.3 Å². The topological polar surface area (TPSA) is 115 Å². The van der Waals surface area contributed by atoms with E-state index in [-0.39, 0.29) is 29.8 Å². The van der Waals surface area contributed by atoms with Gasteiger partial charge < -0.3 is 21.2 Å². The van der Waals surface area contributed by atoms with E-state index < -0.39 is 12.0 Å². The van der Waals surface area contributed by atoms with E-state index >= 15 is 0 Å². The average Bonchev–Trinajstić information content (AvgIpc) is 2.75. The Kier molecular flexibility index (Phi) is 9.55. The first-order valence-electron chi connectivity index (χ1n) is 11.4. The van der Waals surface area contributed by atoms with Gasteiger partial charge in [0.1, 0.15) is 5.75 Å². The molecule has 2 rings (SSSR count). The predicted molar refractivity (Wildman–Crippen MR) is 135 cm³/mol. The molecule has 0 radical (unpaired) electrons. The molecule has 186 valence electrons. The lowest BCUT2D eigenvalue weighted by Gasteiger charge is -2.20. The number of hydrogen-bond donors (Lipinski definition) is 3. The second-order valence-corrected chi connectivity index (χ2v) is 9.93. The van der Waals surface area contributed by atoms with Gasteiger partial charge in [-0.25, -0.2) is 4.68 Å². The number of rotatable bonds is 11. The number of ether oxygens (including phenoxy) is 1. The normalized spacial score (nSPS) is 12.2. The van der Waals surface area contributed by atoms with Gasteiger partial charge in [-0.1, -0.05) is 39.3 Å². The van der Waals surface area contributed by atoms with Crippen molar-refractivity contribution in [3.05, 3.63) is 62.5 Å². The molecule has 0 saturated carbocycles. The van der Waals surface area contributed by atoms with Gasteiger partial charge >= 0.3 is 0 Å². The molecule has 1 heterocycles. The van der Waals surface area contributed by atoms with Crippen molar-refractivity contribution in [3.63, 3.8) is 0 Å². The van der Waals surface area contributed by atoms with Gasteiger partial charge in [0.25, 0.3) is 11.5 Å². The number of hydrogen-bond acceptors (Lipinski definition) is 5. The molecule has 1 aromatic carbocycles. The Morgan fingerprint density at radius 1 is 1.24 bits per heavy atom. The van der Waals surface area contributed by atoms with Crippen LogP contribution >= 0.6 is 11.6 Å². The summed E-state index contributed by atoms with van der Waals surface area (Å²) in [7, 11) is 0. The molecule has 9 heteroatoms. The van der Waals surface area contributed by atoms with Gasteiger partial charge in [0.15, 0.2) is 6.10 Å². The van der Waals surface area contributed by atoms with Crippen LogP contribution in [0.3, 0.4) is 0 Å². The zero-order valence-corrected chi connectivity index (χ0v) is 21.3. The lowest BCUT2D eigenvalue weighted by molar-refractivity contribution is -0.125. The molecule has 0 bridgehead atoms. The maximum absolute atomic E-state index is 12.9. The van der Waals surface area contributed by atoms with Crippen LogP contribution < -0.4 is 26.8 Å². The molecule has 0 spiro atoms.